The maximum absolute atomic E-state index is 14.5. The molecule has 10 nitrogen and oxygen atoms in total. The van der Waals surface area contributed by atoms with Crippen LogP contribution in [0.1, 0.15) is 42.3 Å². The van der Waals surface area contributed by atoms with Gasteiger partial charge in [-0.15, -0.1) is 10.2 Å². The van der Waals surface area contributed by atoms with Gasteiger partial charge < -0.3 is 20.3 Å². The van der Waals surface area contributed by atoms with E-state index in [1.54, 1.807) is 30.9 Å². The van der Waals surface area contributed by atoms with Gasteiger partial charge in [-0.05, 0) is 44.4 Å². The molecule has 226 valence electrons. The van der Waals surface area contributed by atoms with Crippen LogP contribution in [-0.4, -0.2) is 73.8 Å². The molecule has 0 bridgehead atoms. The van der Waals surface area contributed by atoms with Gasteiger partial charge in [-0.2, -0.15) is 0 Å². The third-order valence-corrected chi connectivity index (χ3v) is 9.67. The van der Waals surface area contributed by atoms with Crippen LogP contribution in [0.25, 0.3) is 21.3 Å². The highest BCUT2D eigenvalue weighted by atomic mass is 35.5. The zero-order valence-electron chi connectivity index (χ0n) is 24.0. The van der Waals surface area contributed by atoms with Gasteiger partial charge in [0.2, 0.25) is 0 Å². The van der Waals surface area contributed by atoms with Crippen molar-refractivity contribution in [2.75, 3.05) is 32.0 Å². The molecule has 43 heavy (non-hydrogen) atoms. The maximum Gasteiger partial charge on any atom is 0.331 e. The predicted octanol–water partition coefficient (Wildman–Crippen LogP) is 6.05. The van der Waals surface area contributed by atoms with Crippen molar-refractivity contribution in [2.24, 2.45) is 11.8 Å². The van der Waals surface area contributed by atoms with Crippen LogP contribution in [0.3, 0.4) is 0 Å². The highest BCUT2D eigenvalue weighted by Crippen LogP contribution is 2.47. The minimum Gasteiger partial charge on any atom is -0.491 e. The first-order valence-corrected chi connectivity index (χ1v) is 15.5. The SMILES string of the molecule is Cc1nnc(C)n1C(=O)N1CC(C(C(C)C)N2CCCOc3c(cc(Cl)c(-c4ccc(F)c5sc(N)nc45)c3Cl)C2=O)C1. The molecule has 14 heteroatoms. The van der Waals surface area contributed by atoms with Gasteiger partial charge in [0.25, 0.3) is 5.91 Å². The second-order valence-electron chi connectivity index (χ2n) is 11.3. The summed E-state index contributed by atoms with van der Waals surface area (Å²) in [6.07, 6.45) is 0.584. The number of carbonyl (C=O) groups excluding carboxylic acids is 2. The van der Waals surface area contributed by atoms with Gasteiger partial charge in [0, 0.05) is 42.7 Å². The Morgan fingerprint density at radius 1 is 1.16 bits per heavy atom. The average Bonchev–Trinajstić information content (AvgIpc) is 3.48. The van der Waals surface area contributed by atoms with E-state index in [0.29, 0.717) is 65.7 Å². The van der Waals surface area contributed by atoms with Crippen molar-refractivity contribution in [1.82, 2.24) is 29.5 Å². The average molecular weight is 647 g/mol. The number of ether oxygens (including phenoxy) is 1. The lowest BCUT2D eigenvalue weighted by Gasteiger charge is -2.49. The molecule has 2 amide bonds. The van der Waals surface area contributed by atoms with E-state index in [9.17, 15) is 14.0 Å². The number of amides is 2. The molecule has 1 saturated heterocycles. The third kappa shape index (κ3) is 4.98. The minimum absolute atomic E-state index is 0.0710. The van der Waals surface area contributed by atoms with E-state index in [2.05, 4.69) is 29.0 Å². The summed E-state index contributed by atoms with van der Waals surface area (Å²) >= 11 is 14.8. The number of carbonyl (C=O) groups is 2. The highest BCUT2D eigenvalue weighted by Gasteiger charge is 2.43. The molecule has 2 aliphatic heterocycles. The molecule has 2 aromatic carbocycles. The van der Waals surface area contributed by atoms with E-state index in [-0.39, 0.29) is 56.3 Å². The number of halogens is 3. The van der Waals surface area contributed by atoms with Crippen LogP contribution in [0.2, 0.25) is 10.0 Å². The zero-order chi connectivity index (χ0) is 30.7. The predicted molar refractivity (Wildman–Crippen MR) is 165 cm³/mol. The fourth-order valence-corrected chi connectivity index (χ4v) is 7.70. The van der Waals surface area contributed by atoms with Crippen molar-refractivity contribution in [1.29, 1.82) is 0 Å². The Kier molecular flexibility index (Phi) is 7.72. The summed E-state index contributed by atoms with van der Waals surface area (Å²) in [5, 5.41) is 8.57. The lowest BCUT2D eigenvalue weighted by molar-refractivity contribution is 0.0154. The number of benzene rings is 2. The minimum atomic E-state index is -0.448. The Morgan fingerprint density at radius 3 is 2.53 bits per heavy atom. The number of aryl methyl sites for hydroxylation is 2. The van der Waals surface area contributed by atoms with Gasteiger partial charge in [-0.25, -0.2) is 18.7 Å². The summed E-state index contributed by atoms with van der Waals surface area (Å²) in [5.74, 6) is 0.785. The lowest BCUT2D eigenvalue weighted by atomic mass is 9.83. The van der Waals surface area contributed by atoms with E-state index in [4.69, 9.17) is 33.7 Å². The van der Waals surface area contributed by atoms with E-state index in [0.717, 1.165) is 11.3 Å². The Balaban J connectivity index is 1.33. The number of hydrogen-bond acceptors (Lipinski definition) is 8. The maximum atomic E-state index is 14.5. The number of likely N-dealkylation sites (tertiary alicyclic amines) is 1. The molecule has 4 aromatic rings. The summed E-state index contributed by atoms with van der Waals surface area (Å²) in [4.78, 5) is 35.3. The van der Waals surface area contributed by atoms with Crippen molar-refractivity contribution < 1.29 is 18.7 Å². The van der Waals surface area contributed by atoms with Crippen molar-refractivity contribution in [3.8, 4) is 16.9 Å². The summed E-state index contributed by atoms with van der Waals surface area (Å²) in [6, 6.07) is 4.12. The van der Waals surface area contributed by atoms with Crippen molar-refractivity contribution in [2.45, 2.75) is 40.2 Å². The molecule has 1 unspecified atom stereocenters. The molecule has 0 spiro atoms. The number of hydrogen-bond donors (Lipinski definition) is 1. The quantitative estimate of drug-likeness (QED) is 0.287. The molecular formula is C29H30Cl2FN7O3S. The Hall–Kier alpha value is -3.48. The van der Waals surface area contributed by atoms with Gasteiger partial charge in [0.15, 0.2) is 10.9 Å². The van der Waals surface area contributed by atoms with Crippen LogP contribution in [0, 0.1) is 31.5 Å². The number of nitrogens with two attached hydrogens (primary N) is 1. The van der Waals surface area contributed by atoms with Crippen LogP contribution in [0.5, 0.6) is 5.75 Å². The van der Waals surface area contributed by atoms with Gasteiger partial charge >= 0.3 is 6.03 Å². The molecule has 1 atom stereocenters. The smallest absolute Gasteiger partial charge is 0.331 e. The largest absolute Gasteiger partial charge is 0.491 e. The first kappa shape index (κ1) is 29.6. The molecule has 0 radical (unpaired) electrons. The topological polar surface area (TPSA) is 119 Å². The summed E-state index contributed by atoms with van der Waals surface area (Å²) in [7, 11) is 0. The number of nitrogen functional groups attached to an aromatic ring is 1. The van der Waals surface area contributed by atoms with Crippen LogP contribution < -0.4 is 10.5 Å². The number of thiazole rings is 1. The number of rotatable bonds is 4. The molecule has 2 aliphatic rings. The molecular weight excluding hydrogens is 616 g/mol. The zero-order valence-corrected chi connectivity index (χ0v) is 26.4. The summed E-state index contributed by atoms with van der Waals surface area (Å²) < 4.78 is 22.4. The van der Waals surface area contributed by atoms with Gasteiger partial charge in [-0.1, -0.05) is 48.4 Å². The molecule has 0 saturated carbocycles. The first-order chi connectivity index (χ1) is 20.5. The van der Waals surface area contributed by atoms with Crippen molar-refractivity contribution >= 4 is 61.8 Å². The van der Waals surface area contributed by atoms with Gasteiger partial charge in [-0.3, -0.25) is 4.79 Å². The highest BCUT2D eigenvalue weighted by molar-refractivity contribution is 7.22. The Labute approximate surface area is 261 Å². The monoisotopic (exact) mass is 645 g/mol. The molecule has 4 heterocycles. The molecule has 0 aliphatic carbocycles. The Morgan fingerprint density at radius 2 is 1.86 bits per heavy atom. The lowest BCUT2D eigenvalue weighted by Crippen LogP contribution is -2.61. The summed E-state index contributed by atoms with van der Waals surface area (Å²) in [5.41, 5.74) is 7.37. The Bertz CT molecular complexity index is 1750. The van der Waals surface area contributed by atoms with Gasteiger partial charge in [0.05, 0.1) is 32.4 Å². The van der Waals surface area contributed by atoms with Crippen molar-refractivity contribution in [3.63, 3.8) is 0 Å². The number of nitrogens with zero attached hydrogens (tertiary/aromatic N) is 6. The first-order valence-electron chi connectivity index (χ1n) is 14.0. The van der Waals surface area contributed by atoms with E-state index < -0.39 is 5.82 Å². The number of fused-ring (bicyclic) bond motifs is 2. The standard InChI is InChI=1S/C29H30Cl2FN7O3S/c1-13(2)24(16-11-37(12-16)29(41)39-14(3)35-36-15(39)4)38-8-5-9-42-25-18(27(38)40)10-19(30)21(22(25)31)17-6-7-20(32)26-23(17)34-28(33)43-26/h6-7,10,13,16,24H,5,8-9,11-12H2,1-4H3,(H2,33,34). The van der Waals surface area contributed by atoms with Crippen LogP contribution in [0.4, 0.5) is 14.3 Å². The van der Waals surface area contributed by atoms with E-state index in [1.165, 1.54) is 10.6 Å². The fourth-order valence-electron chi connectivity index (χ4n) is 6.22. The number of anilines is 1. The molecule has 2 N–H and O–H groups in total. The van der Waals surface area contributed by atoms with Crippen LogP contribution >= 0.6 is 34.5 Å². The van der Waals surface area contributed by atoms with Crippen molar-refractivity contribution in [3.05, 3.63) is 51.3 Å². The van der Waals surface area contributed by atoms with E-state index >= 15 is 0 Å². The second-order valence-corrected chi connectivity index (χ2v) is 13.1. The second kappa shape index (κ2) is 11.2. The number of aromatic nitrogens is 4. The normalized spacial score (nSPS) is 16.6. The molecule has 6 rings (SSSR count). The van der Waals surface area contributed by atoms with Gasteiger partial charge in [0.1, 0.15) is 17.5 Å². The fraction of sp³-hybridized carbons (Fsp3) is 0.414. The van der Waals surface area contributed by atoms with E-state index in [1.807, 2.05) is 4.90 Å². The third-order valence-electron chi connectivity index (χ3n) is 8.12. The molecule has 2 aromatic heterocycles. The molecule has 1 fully saturated rings. The summed E-state index contributed by atoms with van der Waals surface area (Å²) in [6.45, 7) is 9.46. The van der Waals surface area contributed by atoms with Crippen LogP contribution in [-0.2, 0) is 0 Å². The van der Waals surface area contributed by atoms with Crippen LogP contribution in [0.15, 0.2) is 18.2 Å².